The van der Waals surface area contributed by atoms with Crippen molar-refractivity contribution in [3.05, 3.63) is 96.2 Å². The molecule has 5 nitrogen and oxygen atoms in total. The van der Waals surface area contributed by atoms with Crippen LogP contribution in [0.2, 0.25) is 0 Å². The third-order valence-corrected chi connectivity index (χ3v) is 4.39. The highest BCUT2D eigenvalue weighted by Gasteiger charge is 2.23. The summed E-state index contributed by atoms with van der Waals surface area (Å²) in [5.74, 6) is 0.844. The van der Waals surface area contributed by atoms with Crippen molar-refractivity contribution in [3.63, 3.8) is 0 Å². The monoisotopic (exact) mass is 385 g/mol. The number of carbonyl (C=O) groups is 1. The molecular formula is C24H19NO4. The van der Waals surface area contributed by atoms with Crippen molar-refractivity contribution in [1.82, 2.24) is 4.98 Å². The van der Waals surface area contributed by atoms with Gasteiger partial charge in [-0.25, -0.2) is 9.78 Å². The molecule has 0 N–H and O–H groups in total. The zero-order valence-corrected chi connectivity index (χ0v) is 15.9. The fraction of sp³-hybridized carbons (Fsp3) is 0.0833. The Balaban J connectivity index is 1.69. The van der Waals surface area contributed by atoms with Crippen LogP contribution in [0.15, 0.2) is 89.3 Å². The molecule has 0 saturated carbocycles. The van der Waals surface area contributed by atoms with E-state index in [1.165, 1.54) is 0 Å². The highest BCUT2D eigenvalue weighted by molar-refractivity contribution is 5.94. The second-order valence-corrected chi connectivity index (χ2v) is 6.36. The molecule has 0 unspecified atom stereocenters. The van der Waals surface area contributed by atoms with E-state index < -0.39 is 5.97 Å². The Hall–Kier alpha value is -3.86. The largest absolute Gasteiger partial charge is 0.497 e. The minimum Gasteiger partial charge on any atom is -0.497 e. The van der Waals surface area contributed by atoms with Crippen LogP contribution in [0.5, 0.6) is 5.75 Å². The highest BCUT2D eigenvalue weighted by Crippen LogP contribution is 2.31. The van der Waals surface area contributed by atoms with E-state index in [1.807, 2.05) is 78.9 Å². The molecule has 1 aromatic heterocycles. The van der Waals surface area contributed by atoms with E-state index in [-0.39, 0.29) is 12.3 Å². The summed E-state index contributed by atoms with van der Waals surface area (Å²) in [4.78, 5) is 17.3. The van der Waals surface area contributed by atoms with Crippen LogP contribution in [0.25, 0.3) is 22.8 Å². The van der Waals surface area contributed by atoms with Crippen molar-refractivity contribution in [1.29, 1.82) is 0 Å². The molecular weight excluding hydrogens is 366 g/mol. The van der Waals surface area contributed by atoms with Crippen molar-refractivity contribution in [2.45, 2.75) is 6.61 Å². The van der Waals surface area contributed by atoms with Gasteiger partial charge in [-0.15, -0.1) is 0 Å². The van der Waals surface area contributed by atoms with Crippen LogP contribution in [-0.4, -0.2) is 18.1 Å². The van der Waals surface area contributed by atoms with Crippen molar-refractivity contribution < 1.29 is 18.7 Å². The fourth-order valence-electron chi connectivity index (χ4n) is 2.91. The first-order chi connectivity index (χ1) is 14.2. The van der Waals surface area contributed by atoms with Crippen LogP contribution in [0.1, 0.15) is 16.1 Å². The average Bonchev–Trinajstić information content (AvgIpc) is 3.24. The summed E-state index contributed by atoms with van der Waals surface area (Å²) >= 11 is 0. The Morgan fingerprint density at radius 2 is 1.59 bits per heavy atom. The van der Waals surface area contributed by atoms with Gasteiger partial charge in [0.15, 0.2) is 11.5 Å². The lowest BCUT2D eigenvalue weighted by molar-refractivity contribution is 0.0467. The van der Waals surface area contributed by atoms with E-state index in [4.69, 9.17) is 13.9 Å². The van der Waals surface area contributed by atoms with Gasteiger partial charge in [0.25, 0.3) is 0 Å². The zero-order valence-electron chi connectivity index (χ0n) is 15.9. The number of methoxy groups -OCH3 is 1. The Bertz CT molecular complexity index is 1100. The van der Waals surface area contributed by atoms with Gasteiger partial charge in [0.1, 0.15) is 12.4 Å². The summed E-state index contributed by atoms with van der Waals surface area (Å²) in [6, 6.07) is 26.2. The molecule has 0 spiro atoms. The Kier molecular flexibility index (Phi) is 5.38. The second kappa shape index (κ2) is 8.44. The fourth-order valence-corrected chi connectivity index (χ4v) is 2.91. The van der Waals surface area contributed by atoms with Crippen LogP contribution in [0.3, 0.4) is 0 Å². The molecule has 0 aliphatic carbocycles. The summed E-state index contributed by atoms with van der Waals surface area (Å²) < 4.78 is 16.7. The molecule has 4 rings (SSSR count). The number of oxazole rings is 1. The van der Waals surface area contributed by atoms with E-state index in [1.54, 1.807) is 13.2 Å². The van der Waals surface area contributed by atoms with Gasteiger partial charge in [-0.3, -0.25) is 0 Å². The molecule has 0 fully saturated rings. The number of esters is 1. The summed E-state index contributed by atoms with van der Waals surface area (Å²) in [7, 11) is 1.59. The van der Waals surface area contributed by atoms with Gasteiger partial charge in [0, 0.05) is 11.1 Å². The lowest BCUT2D eigenvalue weighted by atomic mass is 10.1. The molecule has 0 aliphatic heterocycles. The van der Waals surface area contributed by atoms with Gasteiger partial charge in [0.2, 0.25) is 5.89 Å². The Morgan fingerprint density at radius 3 is 2.31 bits per heavy atom. The summed E-state index contributed by atoms with van der Waals surface area (Å²) in [6.07, 6.45) is 0. The quantitative estimate of drug-likeness (QED) is 0.417. The maximum atomic E-state index is 12.8. The number of rotatable bonds is 6. The molecule has 0 amide bonds. The van der Waals surface area contributed by atoms with E-state index >= 15 is 0 Å². The minimum absolute atomic E-state index is 0.143. The molecule has 29 heavy (non-hydrogen) atoms. The Morgan fingerprint density at radius 1 is 0.897 bits per heavy atom. The zero-order chi connectivity index (χ0) is 20.1. The summed E-state index contributed by atoms with van der Waals surface area (Å²) in [5.41, 5.74) is 2.51. The maximum Gasteiger partial charge on any atom is 0.361 e. The molecule has 0 radical (unpaired) electrons. The van der Waals surface area contributed by atoms with E-state index in [2.05, 4.69) is 4.98 Å². The molecule has 0 atom stereocenters. The summed E-state index contributed by atoms with van der Waals surface area (Å²) in [6.45, 7) is 0.162. The predicted molar refractivity (Wildman–Crippen MR) is 109 cm³/mol. The molecule has 1 heterocycles. The van der Waals surface area contributed by atoms with Crippen LogP contribution in [-0.2, 0) is 11.3 Å². The van der Waals surface area contributed by atoms with Crippen molar-refractivity contribution in [2.75, 3.05) is 7.11 Å². The Labute approximate surface area is 168 Å². The standard InChI is InChI=1S/C24H19NO4/c1-27-20-14-8-13-19(15-20)23-25-21(22(29-23)18-11-6-3-7-12-18)24(26)28-16-17-9-4-2-5-10-17/h2-15H,16H2,1H3. The minimum atomic E-state index is -0.536. The molecule has 0 bridgehead atoms. The number of hydrogen-bond donors (Lipinski definition) is 0. The van der Waals surface area contributed by atoms with Gasteiger partial charge in [-0.1, -0.05) is 66.7 Å². The molecule has 4 aromatic rings. The third-order valence-electron chi connectivity index (χ3n) is 4.39. The predicted octanol–water partition coefficient (Wildman–Crippen LogP) is 5.37. The average molecular weight is 385 g/mol. The molecule has 3 aromatic carbocycles. The van der Waals surface area contributed by atoms with E-state index in [0.29, 0.717) is 23.0 Å². The van der Waals surface area contributed by atoms with Crippen molar-refractivity contribution in [2.24, 2.45) is 0 Å². The summed E-state index contributed by atoms with van der Waals surface area (Å²) in [5, 5.41) is 0. The molecule has 0 saturated heterocycles. The van der Waals surface area contributed by atoms with E-state index in [9.17, 15) is 4.79 Å². The lowest BCUT2D eigenvalue weighted by Gasteiger charge is -2.04. The number of ether oxygens (including phenoxy) is 2. The number of carbonyl (C=O) groups excluding carboxylic acids is 1. The molecule has 5 heteroatoms. The second-order valence-electron chi connectivity index (χ2n) is 6.36. The first-order valence-electron chi connectivity index (χ1n) is 9.16. The van der Waals surface area contributed by atoms with Gasteiger partial charge in [-0.2, -0.15) is 0 Å². The SMILES string of the molecule is COc1cccc(-c2nc(C(=O)OCc3ccccc3)c(-c3ccccc3)o2)c1. The van der Waals surface area contributed by atoms with Gasteiger partial charge < -0.3 is 13.9 Å². The number of nitrogens with zero attached hydrogens (tertiary/aromatic N) is 1. The van der Waals surface area contributed by atoms with Crippen molar-refractivity contribution in [3.8, 4) is 28.5 Å². The van der Waals surface area contributed by atoms with Crippen LogP contribution in [0.4, 0.5) is 0 Å². The number of aromatic nitrogens is 1. The first kappa shape index (κ1) is 18.5. The maximum absolute atomic E-state index is 12.8. The first-order valence-corrected chi connectivity index (χ1v) is 9.16. The van der Waals surface area contributed by atoms with Crippen molar-refractivity contribution >= 4 is 5.97 Å². The highest BCUT2D eigenvalue weighted by atomic mass is 16.5. The van der Waals surface area contributed by atoms with E-state index in [0.717, 1.165) is 11.1 Å². The smallest absolute Gasteiger partial charge is 0.361 e. The van der Waals surface area contributed by atoms with Gasteiger partial charge >= 0.3 is 5.97 Å². The van der Waals surface area contributed by atoms with Crippen LogP contribution < -0.4 is 4.74 Å². The topological polar surface area (TPSA) is 61.6 Å². The van der Waals surface area contributed by atoms with Crippen LogP contribution >= 0.6 is 0 Å². The molecule has 144 valence electrons. The van der Waals surface area contributed by atoms with Gasteiger partial charge in [-0.05, 0) is 23.8 Å². The molecule has 0 aliphatic rings. The normalized spacial score (nSPS) is 10.5. The van der Waals surface area contributed by atoms with Gasteiger partial charge in [0.05, 0.1) is 7.11 Å². The van der Waals surface area contributed by atoms with Crippen LogP contribution in [0, 0.1) is 0 Å². The lowest BCUT2D eigenvalue weighted by Crippen LogP contribution is -2.07. The third kappa shape index (κ3) is 4.19. The number of benzene rings is 3. The number of hydrogen-bond acceptors (Lipinski definition) is 5.